The first kappa shape index (κ1) is 17.7. The van der Waals surface area contributed by atoms with Crippen molar-refractivity contribution >= 4 is 5.91 Å². The molecule has 1 fully saturated rings. The number of carbonyl (C=O) groups is 1. The minimum atomic E-state index is -0.271. The standard InChI is InChI=1S/C17H28N4O2/c1-5-15-13(2)12-14(16(22)18-15)17(23)21-10-8-20(9-11-21)7-6-19(3)4/h12H,5-11H2,1-4H3,(H,18,22). The third-order valence-corrected chi connectivity index (χ3v) is 4.45. The highest BCUT2D eigenvalue weighted by Gasteiger charge is 2.24. The minimum absolute atomic E-state index is 0.149. The number of rotatable bonds is 5. The van der Waals surface area contributed by atoms with Crippen molar-refractivity contribution in [2.24, 2.45) is 0 Å². The monoisotopic (exact) mass is 320 g/mol. The topological polar surface area (TPSA) is 59.7 Å². The molecule has 0 radical (unpaired) electrons. The second-order valence-corrected chi connectivity index (χ2v) is 6.46. The second kappa shape index (κ2) is 7.75. The molecular formula is C17H28N4O2. The number of piperazine rings is 1. The van der Waals surface area contributed by atoms with E-state index in [2.05, 4.69) is 28.9 Å². The van der Waals surface area contributed by atoms with Crippen LogP contribution in [0.1, 0.15) is 28.5 Å². The molecule has 128 valence electrons. The first-order chi connectivity index (χ1) is 10.9. The van der Waals surface area contributed by atoms with Gasteiger partial charge in [0.1, 0.15) is 5.56 Å². The first-order valence-corrected chi connectivity index (χ1v) is 8.31. The van der Waals surface area contributed by atoms with Gasteiger partial charge in [-0.1, -0.05) is 6.92 Å². The van der Waals surface area contributed by atoms with Gasteiger partial charge in [-0.05, 0) is 39.1 Å². The molecule has 1 aromatic rings. The molecule has 1 aliphatic heterocycles. The average Bonchev–Trinajstić information content (AvgIpc) is 2.54. The summed E-state index contributed by atoms with van der Waals surface area (Å²) in [5.41, 5.74) is 1.87. The number of aromatic nitrogens is 1. The van der Waals surface area contributed by atoms with Gasteiger partial charge in [0.15, 0.2) is 0 Å². The Morgan fingerprint density at radius 2 is 1.91 bits per heavy atom. The highest BCUT2D eigenvalue weighted by atomic mass is 16.2. The Balaban J connectivity index is 2.00. The highest BCUT2D eigenvalue weighted by molar-refractivity contribution is 5.94. The number of likely N-dealkylation sites (N-methyl/N-ethyl adjacent to an activating group) is 1. The van der Waals surface area contributed by atoms with Crippen molar-refractivity contribution in [1.82, 2.24) is 19.7 Å². The van der Waals surface area contributed by atoms with Crippen LogP contribution in [-0.4, -0.2) is 79.0 Å². The summed E-state index contributed by atoms with van der Waals surface area (Å²) in [5, 5.41) is 0. The van der Waals surface area contributed by atoms with Gasteiger partial charge in [-0.3, -0.25) is 14.5 Å². The summed E-state index contributed by atoms with van der Waals surface area (Å²) in [6, 6.07) is 1.73. The van der Waals surface area contributed by atoms with Gasteiger partial charge < -0.3 is 14.8 Å². The largest absolute Gasteiger partial charge is 0.336 e. The first-order valence-electron chi connectivity index (χ1n) is 8.31. The Labute approximate surface area is 138 Å². The van der Waals surface area contributed by atoms with Crippen molar-refractivity contribution in [3.8, 4) is 0 Å². The molecule has 1 saturated heterocycles. The molecule has 6 heteroatoms. The van der Waals surface area contributed by atoms with E-state index in [9.17, 15) is 9.59 Å². The summed E-state index contributed by atoms with van der Waals surface area (Å²) >= 11 is 0. The van der Waals surface area contributed by atoms with E-state index < -0.39 is 0 Å². The Morgan fingerprint density at radius 1 is 1.26 bits per heavy atom. The summed E-state index contributed by atoms with van der Waals surface area (Å²) < 4.78 is 0. The third kappa shape index (κ3) is 4.42. The lowest BCUT2D eigenvalue weighted by molar-refractivity contribution is 0.0628. The number of aryl methyl sites for hydroxylation is 2. The van der Waals surface area contributed by atoms with Crippen LogP contribution in [-0.2, 0) is 6.42 Å². The molecular weight excluding hydrogens is 292 g/mol. The maximum Gasteiger partial charge on any atom is 0.261 e. The fourth-order valence-corrected chi connectivity index (χ4v) is 2.88. The lowest BCUT2D eigenvalue weighted by Crippen LogP contribution is -2.50. The van der Waals surface area contributed by atoms with E-state index in [1.54, 1.807) is 11.0 Å². The summed E-state index contributed by atoms with van der Waals surface area (Å²) in [6.07, 6.45) is 0.764. The number of hydrogen-bond donors (Lipinski definition) is 1. The number of nitrogens with one attached hydrogen (secondary N) is 1. The molecule has 23 heavy (non-hydrogen) atoms. The van der Waals surface area contributed by atoms with Gasteiger partial charge in [0.05, 0.1) is 0 Å². The molecule has 0 aromatic carbocycles. The van der Waals surface area contributed by atoms with Crippen LogP contribution in [0.4, 0.5) is 0 Å². The van der Waals surface area contributed by atoms with Crippen LogP contribution in [0.2, 0.25) is 0 Å². The van der Waals surface area contributed by atoms with E-state index >= 15 is 0 Å². The van der Waals surface area contributed by atoms with E-state index in [4.69, 9.17) is 0 Å². The maximum atomic E-state index is 12.6. The summed E-state index contributed by atoms with van der Waals surface area (Å²) in [7, 11) is 4.13. The summed E-state index contributed by atoms with van der Waals surface area (Å²) in [6.45, 7) is 9.05. The minimum Gasteiger partial charge on any atom is -0.336 e. The SMILES string of the molecule is CCc1[nH]c(=O)c(C(=O)N2CCN(CCN(C)C)CC2)cc1C. The van der Waals surface area contributed by atoms with Crippen molar-refractivity contribution in [3.05, 3.63) is 33.2 Å². The van der Waals surface area contributed by atoms with E-state index in [1.165, 1.54) is 0 Å². The van der Waals surface area contributed by atoms with Crippen LogP contribution in [0.25, 0.3) is 0 Å². The molecule has 1 aromatic heterocycles. The van der Waals surface area contributed by atoms with Gasteiger partial charge in [0.2, 0.25) is 0 Å². The molecule has 6 nitrogen and oxygen atoms in total. The van der Waals surface area contributed by atoms with Crippen LogP contribution in [0.5, 0.6) is 0 Å². The van der Waals surface area contributed by atoms with Crippen LogP contribution in [0.15, 0.2) is 10.9 Å². The number of nitrogens with zero attached hydrogens (tertiary/aromatic N) is 3. The Kier molecular flexibility index (Phi) is 5.96. The number of amides is 1. The molecule has 0 spiro atoms. The smallest absolute Gasteiger partial charge is 0.261 e. The highest BCUT2D eigenvalue weighted by Crippen LogP contribution is 2.10. The van der Waals surface area contributed by atoms with E-state index in [-0.39, 0.29) is 17.0 Å². The van der Waals surface area contributed by atoms with Gasteiger partial charge in [-0.2, -0.15) is 0 Å². The third-order valence-electron chi connectivity index (χ3n) is 4.45. The fourth-order valence-electron chi connectivity index (χ4n) is 2.88. The van der Waals surface area contributed by atoms with Crippen molar-refractivity contribution < 1.29 is 4.79 Å². The fraction of sp³-hybridized carbons (Fsp3) is 0.647. The van der Waals surface area contributed by atoms with Crippen molar-refractivity contribution in [2.75, 3.05) is 53.4 Å². The zero-order chi connectivity index (χ0) is 17.0. The zero-order valence-corrected chi connectivity index (χ0v) is 14.7. The Morgan fingerprint density at radius 3 is 2.48 bits per heavy atom. The molecule has 0 bridgehead atoms. The normalized spacial score (nSPS) is 16.1. The van der Waals surface area contributed by atoms with Crippen LogP contribution >= 0.6 is 0 Å². The molecule has 0 aliphatic carbocycles. The molecule has 1 N–H and O–H groups in total. The van der Waals surface area contributed by atoms with E-state index in [0.29, 0.717) is 13.1 Å². The number of aromatic amines is 1. The predicted octanol–water partition coefficient (Wildman–Crippen LogP) is 0.565. The molecule has 2 heterocycles. The molecule has 0 saturated carbocycles. The Hall–Kier alpha value is -1.66. The van der Waals surface area contributed by atoms with Crippen LogP contribution < -0.4 is 5.56 Å². The maximum absolute atomic E-state index is 12.6. The number of H-pyrrole nitrogens is 1. The van der Waals surface area contributed by atoms with Gasteiger partial charge in [0, 0.05) is 45.0 Å². The Bertz CT molecular complexity index is 601. The van der Waals surface area contributed by atoms with Gasteiger partial charge in [-0.15, -0.1) is 0 Å². The van der Waals surface area contributed by atoms with Crippen molar-refractivity contribution in [2.45, 2.75) is 20.3 Å². The average molecular weight is 320 g/mol. The van der Waals surface area contributed by atoms with Crippen LogP contribution in [0.3, 0.4) is 0 Å². The van der Waals surface area contributed by atoms with Crippen molar-refractivity contribution in [1.29, 1.82) is 0 Å². The van der Waals surface area contributed by atoms with Crippen molar-refractivity contribution in [3.63, 3.8) is 0 Å². The van der Waals surface area contributed by atoms with Crippen LogP contribution in [0, 0.1) is 6.92 Å². The summed E-state index contributed by atoms with van der Waals surface area (Å²) in [5.74, 6) is -0.149. The lowest BCUT2D eigenvalue weighted by Gasteiger charge is -2.35. The quantitative estimate of drug-likeness (QED) is 0.861. The number of carbonyl (C=O) groups excluding carboxylic acids is 1. The van der Waals surface area contributed by atoms with Gasteiger partial charge in [-0.25, -0.2) is 0 Å². The zero-order valence-electron chi connectivity index (χ0n) is 14.7. The lowest BCUT2D eigenvalue weighted by atomic mass is 10.1. The predicted molar refractivity (Wildman–Crippen MR) is 92.1 cm³/mol. The molecule has 0 unspecified atom stereocenters. The number of hydrogen-bond acceptors (Lipinski definition) is 4. The second-order valence-electron chi connectivity index (χ2n) is 6.46. The molecule has 2 rings (SSSR count). The molecule has 0 atom stereocenters. The number of pyridine rings is 1. The van der Waals surface area contributed by atoms with Gasteiger partial charge in [0.25, 0.3) is 11.5 Å². The van der Waals surface area contributed by atoms with Gasteiger partial charge >= 0.3 is 0 Å². The van der Waals surface area contributed by atoms with E-state index in [0.717, 1.165) is 43.9 Å². The summed E-state index contributed by atoms with van der Waals surface area (Å²) in [4.78, 5) is 33.9. The molecule has 1 aliphatic rings. The molecule has 1 amide bonds. The van der Waals surface area contributed by atoms with E-state index in [1.807, 2.05) is 13.8 Å².